The number of Topliss-reactive ketones (excluding diaryl/α,β-unsaturated/α-hetero) is 1. The average molecular weight is 626 g/mol. The highest BCUT2D eigenvalue weighted by Crippen LogP contribution is 2.62. The Labute approximate surface area is 274 Å². The lowest BCUT2D eigenvalue weighted by atomic mass is 9.52. The molecule has 0 N–H and O–H groups in total. The van der Waals surface area contributed by atoms with Gasteiger partial charge in [-0.25, -0.2) is 9.18 Å². The molecule has 0 heterocycles. The van der Waals surface area contributed by atoms with E-state index in [2.05, 4.69) is 24.3 Å². The molecule has 0 aliphatic heterocycles. The first-order chi connectivity index (χ1) is 22.5. The molecule has 0 radical (unpaired) electrons. The third kappa shape index (κ3) is 4.91. The highest BCUT2D eigenvalue weighted by molar-refractivity contribution is 6.03. The predicted octanol–water partition coefficient (Wildman–Crippen LogP) is 8.56. The zero-order chi connectivity index (χ0) is 33.1. The summed E-state index contributed by atoms with van der Waals surface area (Å²) in [5.41, 5.74) is 6.14. The van der Waals surface area contributed by atoms with Gasteiger partial charge in [0, 0.05) is 42.2 Å². The molecule has 8 rings (SSSR count). The van der Waals surface area contributed by atoms with Gasteiger partial charge in [-0.3, -0.25) is 4.79 Å². The largest absolute Gasteiger partial charge is 0.492 e. The lowest BCUT2D eigenvalue weighted by Crippen LogP contribution is -2.47. The van der Waals surface area contributed by atoms with E-state index in [4.69, 9.17) is 9.47 Å². The van der Waals surface area contributed by atoms with Gasteiger partial charge in [0.25, 0.3) is 0 Å². The number of anilines is 1. The van der Waals surface area contributed by atoms with E-state index in [9.17, 15) is 14.0 Å². The topological polar surface area (TPSA) is 55.8 Å². The van der Waals surface area contributed by atoms with Crippen LogP contribution >= 0.6 is 0 Å². The summed E-state index contributed by atoms with van der Waals surface area (Å²) in [5.74, 6) is -0.265. The lowest BCUT2D eigenvalue weighted by Gasteiger charge is -2.51. The van der Waals surface area contributed by atoms with Crippen molar-refractivity contribution in [1.82, 2.24) is 0 Å². The molecule has 0 spiro atoms. The van der Waals surface area contributed by atoms with E-state index in [1.54, 1.807) is 12.1 Å². The third-order valence-electron chi connectivity index (χ3n) is 9.40. The third-order valence-corrected chi connectivity index (χ3v) is 9.40. The molecule has 0 saturated heterocycles. The number of esters is 1. The first-order valence-electron chi connectivity index (χ1n) is 15.8. The van der Waals surface area contributed by atoms with Crippen molar-refractivity contribution in [2.75, 3.05) is 25.6 Å². The van der Waals surface area contributed by atoms with Crippen LogP contribution in [0.4, 0.5) is 10.1 Å². The quantitative estimate of drug-likeness (QED) is 0.103. The maximum atomic E-state index is 14.2. The van der Waals surface area contributed by atoms with E-state index < -0.39 is 22.6 Å². The van der Waals surface area contributed by atoms with Crippen molar-refractivity contribution in [3.05, 3.63) is 160 Å². The fourth-order valence-electron chi connectivity index (χ4n) is 7.20. The molecule has 0 saturated carbocycles. The first kappa shape index (κ1) is 30.4. The van der Waals surface area contributed by atoms with Crippen molar-refractivity contribution in [1.29, 1.82) is 0 Å². The second kappa shape index (κ2) is 11.2. The summed E-state index contributed by atoms with van der Waals surface area (Å²) in [6.07, 6.45) is 0. The Morgan fingerprint density at radius 2 is 1.38 bits per heavy atom. The van der Waals surface area contributed by atoms with Crippen molar-refractivity contribution >= 4 is 17.4 Å². The van der Waals surface area contributed by atoms with Gasteiger partial charge >= 0.3 is 5.97 Å². The number of ketones is 1. The van der Waals surface area contributed by atoms with E-state index in [0.717, 1.165) is 39.1 Å². The zero-order valence-electron chi connectivity index (χ0n) is 27.1. The second-order valence-electron chi connectivity index (χ2n) is 13.6. The van der Waals surface area contributed by atoms with Gasteiger partial charge in [0.15, 0.2) is 5.78 Å². The van der Waals surface area contributed by atoms with Gasteiger partial charge in [0.05, 0.1) is 11.0 Å². The fraction of sp³-hybridized carbons (Fsp3) is 0.220. The number of carbonyl (C=O) groups is 2. The molecule has 0 unspecified atom stereocenters. The Balaban J connectivity index is 1.49. The summed E-state index contributed by atoms with van der Waals surface area (Å²) in [7, 11) is 3.98. The number of rotatable bonds is 7. The van der Waals surface area contributed by atoms with Crippen LogP contribution < -0.4 is 14.4 Å². The Kier molecular flexibility index (Phi) is 7.27. The summed E-state index contributed by atoms with van der Waals surface area (Å²) in [5, 5.41) is 0. The molecule has 2 bridgehead atoms. The Bertz CT molecular complexity index is 1980. The standard InChI is InChI=1S/C41H36FNO4/c1-40(2,3)38(44)31-22-23-34(47-39(45)25-14-16-26(42)17-15-25)37-36(31)35-29-10-6-8-12-32(29)41(37,33-13-9-7-11-30(33)35)24-46-28-20-18-27(19-21-28)43(4)5/h6-23,35H,24H2,1-5H3. The van der Waals surface area contributed by atoms with Crippen LogP contribution in [-0.2, 0) is 5.41 Å². The fourth-order valence-corrected chi connectivity index (χ4v) is 7.20. The van der Waals surface area contributed by atoms with Crippen molar-refractivity contribution < 1.29 is 23.5 Å². The molecule has 47 heavy (non-hydrogen) atoms. The normalized spacial score (nSPS) is 17.3. The van der Waals surface area contributed by atoms with Crippen LogP contribution in [0.15, 0.2) is 109 Å². The lowest BCUT2D eigenvalue weighted by molar-refractivity contribution is 0.0730. The maximum Gasteiger partial charge on any atom is 0.343 e. The van der Waals surface area contributed by atoms with Gasteiger partial charge in [0.1, 0.15) is 23.9 Å². The van der Waals surface area contributed by atoms with Crippen molar-refractivity contribution in [3.63, 3.8) is 0 Å². The Morgan fingerprint density at radius 3 is 1.96 bits per heavy atom. The van der Waals surface area contributed by atoms with Crippen LogP contribution in [0.25, 0.3) is 0 Å². The van der Waals surface area contributed by atoms with Crippen LogP contribution in [0.2, 0.25) is 0 Å². The molecule has 5 aromatic carbocycles. The Morgan fingerprint density at radius 1 is 0.787 bits per heavy atom. The van der Waals surface area contributed by atoms with Gasteiger partial charge in [0.2, 0.25) is 0 Å². The summed E-state index contributed by atoms with van der Waals surface area (Å²) < 4.78 is 26.7. The molecular formula is C41H36FNO4. The summed E-state index contributed by atoms with van der Waals surface area (Å²) in [4.78, 5) is 29.9. The number of ether oxygens (including phenoxy) is 2. The maximum absolute atomic E-state index is 14.2. The monoisotopic (exact) mass is 625 g/mol. The predicted molar refractivity (Wildman–Crippen MR) is 182 cm³/mol. The molecule has 0 atom stereocenters. The summed E-state index contributed by atoms with van der Waals surface area (Å²) in [6, 6.07) is 33.3. The number of carbonyl (C=O) groups excluding carboxylic acids is 2. The first-order valence-corrected chi connectivity index (χ1v) is 15.8. The Hall–Kier alpha value is -5.23. The van der Waals surface area contributed by atoms with Crippen molar-refractivity contribution in [2.24, 2.45) is 5.41 Å². The van der Waals surface area contributed by atoms with Gasteiger partial charge in [-0.2, -0.15) is 0 Å². The van der Waals surface area contributed by atoms with Crippen molar-refractivity contribution in [2.45, 2.75) is 32.1 Å². The minimum Gasteiger partial charge on any atom is -0.492 e. The highest BCUT2D eigenvalue weighted by Gasteiger charge is 2.55. The molecule has 5 aromatic rings. The molecule has 236 valence electrons. The van der Waals surface area contributed by atoms with E-state index in [-0.39, 0.29) is 23.9 Å². The van der Waals surface area contributed by atoms with Crippen LogP contribution in [0.5, 0.6) is 11.5 Å². The minimum atomic E-state index is -0.927. The molecule has 6 heteroatoms. The number of halogens is 1. The molecule has 0 amide bonds. The van der Waals surface area contributed by atoms with Gasteiger partial charge in [-0.05, 0) is 88.5 Å². The number of benzene rings is 5. The second-order valence-corrected chi connectivity index (χ2v) is 13.6. The minimum absolute atomic E-state index is 0.00279. The molecular weight excluding hydrogens is 589 g/mol. The highest BCUT2D eigenvalue weighted by atomic mass is 19.1. The van der Waals surface area contributed by atoms with Gasteiger partial charge in [-0.1, -0.05) is 69.3 Å². The van der Waals surface area contributed by atoms with Crippen LogP contribution in [0.1, 0.15) is 80.8 Å². The number of hydrogen-bond donors (Lipinski definition) is 0. The SMILES string of the molecule is CN(C)c1ccc(OCC23c4ccccc4C(c4ccccc42)c2c(C(=O)C(C)(C)C)ccc(OC(=O)c4ccc(F)cc4)c23)cc1. The van der Waals surface area contributed by atoms with Crippen LogP contribution in [-0.4, -0.2) is 32.5 Å². The van der Waals surface area contributed by atoms with Gasteiger partial charge < -0.3 is 14.4 Å². The molecule has 5 nitrogen and oxygen atoms in total. The number of nitrogens with zero attached hydrogens (tertiary/aromatic N) is 1. The van der Waals surface area contributed by atoms with E-state index in [1.165, 1.54) is 24.3 Å². The summed E-state index contributed by atoms with van der Waals surface area (Å²) >= 11 is 0. The summed E-state index contributed by atoms with van der Waals surface area (Å²) in [6.45, 7) is 5.95. The van der Waals surface area contributed by atoms with Gasteiger partial charge in [-0.15, -0.1) is 0 Å². The zero-order valence-corrected chi connectivity index (χ0v) is 27.1. The van der Waals surface area contributed by atoms with E-state index >= 15 is 0 Å². The average Bonchev–Trinajstić information content (AvgIpc) is 3.07. The number of hydrogen-bond acceptors (Lipinski definition) is 5. The van der Waals surface area contributed by atoms with E-state index in [0.29, 0.717) is 17.1 Å². The molecule has 3 aliphatic carbocycles. The van der Waals surface area contributed by atoms with E-state index in [1.807, 2.05) is 88.3 Å². The molecule has 0 fully saturated rings. The van der Waals surface area contributed by atoms with Crippen molar-refractivity contribution in [3.8, 4) is 11.5 Å². The van der Waals surface area contributed by atoms with Crippen LogP contribution in [0.3, 0.4) is 0 Å². The molecule has 3 aliphatic rings. The smallest absolute Gasteiger partial charge is 0.343 e. The van der Waals surface area contributed by atoms with Crippen LogP contribution in [0, 0.1) is 11.2 Å². The molecule has 0 aromatic heterocycles.